The fourth-order valence-corrected chi connectivity index (χ4v) is 3.58. The molecule has 0 radical (unpaired) electrons. The van der Waals surface area contributed by atoms with E-state index in [-0.39, 0.29) is 23.2 Å². The quantitative estimate of drug-likeness (QED) is 0.527. The minimum Gasteiger partial charge on any atom is -0.288 e. The molecule has 1 heterocycles. The van der Waals surface area contributed by atoms with Crippen molar-refractivity contribution in [1.29, 1.82) is 0 Å². The summed E-state index contributed by atoms with van der Waals surface area (Å²) in [6.45, 7) is 12.2. The van der Waals surface area contributed by atoms with Crippen molar-refractivity contribution in [2.45, 2.75) is 40.0 Å². The molecule has 3 rings (SSSR count). The first kappa shape index (κ1) is 18.8. The highest BCUT2D eigenvalue weighted by atomic mass is 16.2. The molecule has 0 aromatic heterocycles. The molecule has 1 aliphatic rings. The predicted octanol–water partition coefficient (Wildman–Crippen LogP) is 5.43. The average molecular weight is 359 g/mol. The number of hydrogen-bond acceptors (Lipinski definition) is 2. The zero-order valence-corrected chi connectivity index (χ0v) is 16.4. The standard InChI is InChI=1S/C24H25NO2/c1-6-18-13-10-14-20(15(2)3)22(18)25-17(5)16(4)21(24(25)27)23(26)19-11-8-7-9-12-19/h7-15H,5-6H2,1-4H3. The first-order valence-corrected chi connectivity index (χ1v) is 9.34. The van der Waals surface area contributed by atoms with E-state index in [0.29, 0.717) is 16.8 Å². The minimum atomic E-state index is -0.283. The Morgan fingerprint density at radius 3 is 2.33 bits per heavy atom. The molecule has 3 nitrogen and oxygen atoms in total. The van der Waals surface area contributed by atoms with E-state index in [1.165, 1.54) is 0 Å². The summed E-state index contributed by atoms with van der Waals surface area (Å²) in [5.74, 6) is -0.280. The predicted molar refractivity (Wildman–Crippen MR) is 110 cm³/mol. The van der Waals surface area contributed by atoms with Gasteiger partial charge < -0.3 is 0 Å². The molecule has 2 aromatic rings. The van der Waals surface area contributed by atoms with Crippen LogP contribution in [-0.2, 0) is 11.2 Å². The molecule has 0 saturated carbocycles. The molecule has 0 spiro atoms. The largest absolute Gasteiger partial charge is 0.288 e. The summed E-state index contributed by atoms with van der Waals surface area (Å²) in [6.07, 6.45) is 0.800. The number of carbonyl (C=O) groups excluding carboxylic acids is 2. The lowest BCUT2D eigenvalue weighted by Crippen LogP contribution is -2.29. The summed E-state index contributed by atoms with van der Waals surface area (Å²) < 4.78 is 0. The van der Waals surface area contributed by atoms with Gasteiger partial charge in [-0.25, -0.2) is 0 Å². The molecule has 138 valence electrons. The van der Waals surface area contributed by atoms with Gasteiger partial charge in [0.15, 0.2) is 5.78 Å². The second-order valence-electron chi connectivity index (χ2n) is 7.15. The van der Waals surface area contributed by atoms with Gasteiger partial charge in [-0.2, -0.15) is 0 Å². The Hall–Kier alpha value is -2.94. The van der Waals surface area contributed by atoms with Crippen molar-refractivity contribution < 1.29 is 9.59 Å². The molecular weight excluding hydrogens is 334 g/mol. The number of carbonyl (C=O) groups is 2. The topological polar surface area (TPSA) is 37.4 Å². The number of ketones is 1. The maximum atomic E-state index is 13.4. The number of allylic oxidation sites excluding steroid dienone is 1. The lowest BCUT2D eigenvalue weighted by molar-refractivity contribution is -0.114. The van der Waals surface area contributed by atoms with E-state index in [1.807, 2.05) is 24.3 Å². The van der Waals surface area contributed by atoms with Crippen LogP contribution in [-0.4, -0.2) is 11.7 Å². The van der Waals surface area contributed by atoms with Crippen LogP contribution in [0.3, 0.4) is 0 Å². The van der Waals surface area contributed by atoms with Crippen molar-refractivity contribution >= 4 is 17.4 Å². The molecule has 1 aliphatic heterocycles. The number of aryl methyl sites for hydroxylation is 1. The van der Waals surface area contributed by atoms with E-state index in [2.05, 4.69) is 27.4 Å². The molecule has 0 bridgehead atoms. The highest BCUT2D eigenvalue weighted by Gasteiger charge is 2.38. The Morgan fingerprint density at radius 1 is 1.07 bits per heavy atom. The van der Waals surface area contributed by atoms with Crippen molar-refractivity contribution in [2.75, 3.05) is 4.90 Å². The Balaban J connectivity index is 2.12. The second kappa shape index (κ2) is 7.36. The van der Waals surface area contributed by atoms with Crippen molar-refractivity contribution in [3.63, 3.8) is 0 Å². The Bertz CT molecular complexity index is 952. The van der Waals surface area contributed by atoms with Crippen LogP contribution in [0.25, 0.3) is 0 Å². The molecule has 0 saturated heterocycles. The minimum absolute atomic E-state index is 0.215. The molecular formula is C24H25NO2. The molecule has 0 unspecified atom stereocenters. The van der Waals surface area contributed by atoms with Gasteiger partial charge in [-0.3, -0.25) is 14.5 Å². The van der Waals surface area contributed by atoms with Crippen molar-refractivity contribution in [3.8, 4) is 0 Å². The van der Waals surface area contributed by atoms with Crippen LogP contribution in [0.2, 0.25) is 0 Å². The van der Waals surface area contributed by atoms with E-state index in [4.69, 9.17) is 0 Å². The summed E-state index contributed by atoms with van der Waals surface area (Å²) in [7, 11) is 0. The van der Waals surface area contributed by atoms with Gasteiger partial charge in [-0.05, 0) is 36.0 Å². The number of anilines is 1. The SMILES string of the molecule is C=C1C(C)=C(C(=O)c2ccccc2)C(=O)N1c1c(CC)cccc1C(C)C. The van der Waals surface area contributed by atoms with Crippen LogP contribution in [0.15, 0.2) is 72.0 Å². The number of nitrogens with zero attached hydrogens (tertiary/aromatic N) is 1. The Morgan fingerprint density at radius 2 is 1.74 bits per heavy atom. The summed E-state index contributed by atoms with van der Waals surface area (Å²) in [6, 6.07) is 15.0. The number of rotatable bonds is 5. The van der Waals surface area contributed by atoms with Crippen LogP contribution in [0.4, 0.5) is 5.69 Å². The Kier molecular flexibility index (Phi) is 5.13. The maximum absolute atomic E-state index is 13.4. The number of Topliss-reactive ketones (excluding diaryl/α,β-unsaturated/α-hetero) is 1. The van der Waals surface area contributed by atoms with Gasteiger partial charge in [0, 0.05) is 11.3 Å². The number of hydrogen-bond donors (Lipinski definition) is 0. The van der Waals surface area contributed by atoms with Gasteiger partial charge in [0.25, 0.3) is 5.91 Å². The molecule has 0 fully saturated rings. The zero-order chi connectivity index (χ0) is 19.7. The van der Waals surface area contributed by atoms with E-state index < -0.39 is 0 Å². The third-order valence-corrected chi connectivity index (χ3v) is 5.14. The Labute approximate surface area is 161 Å². The molecule has 1 amide bonds. The van der Waals surface area contributed by atoms with E-state index in [0.717, 1.165) is 23.2 Å². The number of para-hydroxylation sites is 1. The van der Waals surface area contributed by atoms with Crippen LogP contribution in [0, 0.1) is 0 Å². The lowest BCUT2D eigenvalue weighted by Gasteiger charge is -2.26. The molecule has 0 atom stereocenters. The van der Waals surface area contributed by atoms with Gasteiger partial charge in [0.2, 0.25) is 0 Å². The van der Waals surface area contributed by atoms with Crippen molar-refractivity contribution in [3.05, 3.63) is 88.6 Å². The van der Waals surface area contributed by atoms with Gasteiger partial charge in [-0.1, -0.05) is 75.9 Å². The normalized spacial score (nSPS) is 14.5. The van der Waals surface area contributed by atoms with Crippen LogP contribution in [0.1, 0.15) is 55.1 Å². The molecule has 3 heteroatoms. The van der Waals surface area contributed by atoms with Crippen molar-refractivity contribution in [2.24, 2.45) is 0 Å². The average Bonchev–Trinajstić information content (AvgIpc) is 2.89. The third kappa shape index (κ3) is 3.14. The third-order valence-electron chi connectivity index (χ3n) is 5.14. The van der Waals surface area contributed by atoms with Gasteiger partial charge in [-0.15, -0.1) is 0 Å². The molecule has 2 aromatic carbocycles. The van der Waals surface area contributed by atoms with Crippen LogP contribution >= 0.6 is 0 Å². The fraction of sp³-hybridized carbons (Fsp3) is 0.250. The van der Waals surface area contributed by atoms with Crippen LogP contribution in [0.5, 0.6) is 0 Å². The highest BCUT2D eigenvalue weighted by molar-refractivity contribution is 6.33. The summed E-state index contributed by atoms with van der Waals surface area (Å²) >= 11 is 0. The monoisotopic (exact) mass is 359 g/mol. The van der Waals surface area contributed by atoms with E-state index in [9.17, 15) is 9.59 Å². The first-order chi connectivity index (χ1) is 12.9. The molecule has 27 heavy (non-hydrogen) atoms. The van der Waals surface area contributed by atoms with E-state index in [1.54, 1.807) is 36.1 Å². The fourth-order valence-electron chi connectivity index (χ4n) is 3.58. The lowest BCUT2D eigenvalue weighted by atomic mass is 9.95. The highest BCUT2D eigenvalue weighted by Crippen LogP contribution is 2.40. The number of benzene rings is 2. The van der Waals surface area contributed by atoms with Gasteiger partial charge in [0.1, 0.15) is 0 Å². The van der Waals surface area contributed by atoms with Gasteiger partial charge >= 0.3 is 0 Å². The zero-order valence-electron chi connectivity index (χ0n) is 16.4. The molecule has 0 N–H and O–H groups in total. The van der Waals surface area contributed by atoms with Gasteiger partial charge in [0.05, 0.1) is 11.3 Å². The molecule has 0 aliphatic carbocycles. The summed E-state index contributed by atoms with van der Waals surface area (Å²) in [5, 5.41) is 0. The van der Waals surface area contributed by atoms with Crippen molar-refractivity contribution in [1.82, 2.24) is 0 Å². The van der Waals surface area contributed by atoms with E-state index >= 15 is 0 Å². The summed E-state index contributed by atoms with van der Waals surface area (Å²) in [5.41, 5.74) is 5.01. The smallest absolute Gasteiger partial charge is 0.267 e. The second-order valence-corrected chi connectivity index (χ2v) is 7.15. The van der Waals surface area contributed by atoms with Crippen LogP contribution < -0.4 is 4.90 Å². The first-order valence-electron chi connectivity index (χ1n) is 9.34. The maximum Gasteiger partial charge on any atom is 0.267 e. The summed E-state index contributed by atoms with van der Waals surface area (Å²) in [4.78, 5) is 28.0. The number of amides is 1.